The Labute approximate surface area is 139 Å². The Morgan fingerprint density at radius 1 is 0.913 bits per heavy atom. The molecule has 0 heterocycles. The van der Waals surface area contributed by atoms with Gasteiger partial charge >= 0.3 is 0 Å². The van der Waals surface area contributed by atoms with E-state index in [-0.39, 0.29) is 30.3 Å². The molecular weight excluding hydrogens is 312 g/mol. The Kier molecular flexibility index (Phi) is 4.39. The predicted molar refractivity (Wildman–Crippen MR) is 87.7 cm³/mol. The summed E-state index contributed by atoms with van der Waals surface area (Å²) in [6.45, 7) is 0. The summed E-state index contributed by atoms with van der Waals surface area (Å²) in [5, 5.41) is 0.411. The van der Waals surface area contributed by atoms with E-state index >= 15 is 0 Å². The zero-order valence-electron chi connectivity index (χ0n) is 12.4. The lowest BCUT2D eigenvalue weighted by Gasteiger charge is -2.26. The number of benzene rings is 2. The van der Waals surface area contributed by atoms with Crippen LogP contribution < -0.4 is 0 Å². The van der Waals surface area contributed by atoms with Crippen molar-refractivity contribution in [3.8, 4) is 0 Å². The van der Waals surface area contributed by atoms with E-state index in [1.165, 1.54) is 6.07 Å². The molecule has 4 heteroatoms. The van der Waals surface area contributed by atoms with Crippen molar-refractivity contribution in [1.82, 2.24) is 0 Å². The van der Waals surface area contributed by atoms with Gasteiger partial charge in [-0.3, -0.25) is 14.4 Å². The first-order valence-corrected chi connectivity index (χ1v) is 7.84. The van der Waals surface area contributed by atoms with Gasteiger partial charge in [-0.25, -0.2) is 0 Å². The van der Waals surface area contributed by atoms with Gasteiger partial charge in [0.25, 0.3) is 0 Å². The van der Waals surface area contributed by atoms with Crippen molar-refractivity contribution in [3.63, 3.8) is 0 Å². The summed E-state index contributed by atoms with van der Waals surface area (Å²) in [5.41, 5.74) is 1.27. The van der Waals surface area contributed by atoms with Gasteiger partial charge in [0, 0.05) is 23.4 Å². The summed E-state index contributed by atoms with van der Waals surface area (Å²) in [4.78, 5) is 37.3. The lowest BCUT2D eigenvalue weighted by atomic mass is 9.74. The van der Waals surface area contributed by atoms with Crippen LogP contribution >= 0.6 is 11.6 Å². The molecule has 2 aromatic rings. The van der Waals surface area contributed by atoms with Gasteiger partial charge in [0.15, 0.2) is 17.3 Å². The molecule has 0 aliphatic heterocycles. The monoisotopic (exact) mass is 326 g/mol. The number of rotatable bonds is 3. The van der Waals surface area contributed by atoms with Crippen molar-refractivity contribution in [2.75, 3.05) is 0 Å². The van der Waals surface area contributed by atoms with Crippen LogP contribution in [0, 0.1) is 5.92 Å². The molecule has 0 atom stereocenters. The Bertz CT molecular complexity index is 749. The fourth-order valence-electron chi connectivity index (χ4n) is 3.03. The van der Waals surface area contributed by atoms with Gasteiger partial charge in [0.1, 0.15) is 5.92 Å². The van der Waals surface area contributed by atoms with Crippen LogP contribution in [0.5, 0.6) is 0 Å². The number of halogens is 1. The zero-order valence-corrected chi connectivity index (χ0v) is 13.1. The third kappa shape index (κ3) is 3.25. The maximum absolute atomic E-state index is 12.5. The average Bonchev–Trinajstić information content (AvgIpc) is 2.55. The summed E-state index contributed by atoms with van der Waals surface area (Å²) in [6, 6.07) is 15.8. The minimum absolute atomic E-state index is 0.139. The van der Waals surface area contributed by atoms with Crippen molar-refractivity contribution in [1.29, 1.82) is 0 Å². The normalized spacial score (nSPS) is 21.3. The molecule has 0 saturated heterocycles. The Hall–Kier alpha value is -2.26. The van der Waals surface area contributed by atoms with Crippen LogP contribution in [-0.2, 0) is 9.59 Å². The van der Waals surface area contributed by atoms with Crippen molar-refractivity contribution in [2.24, 2.45) is 5.92 Å². The standard InChI is InChI=1S/C19H15ClO3/c20-15-8-4-7-13(9-15)19(23)18-16(21)10-14(11-17(18)22)12-5-2-1-3-6-12/h1-9,14,18H,10-11H2. The molecular formula is C19H15ClO3. The first kappa shape index (κ1) is 15.6. The van der Waals surface area contributed by atoms with Gasteiger partial charge in [-0.05, 0) is 23.6 Å². The molecule has 3 nitrogen and oxygen atoms in total. The molecule has 0 bridgehead atoms. The molecule has 1 saturated carbocycles. The lowest BCUT2D eigenvalue weighted by molar-refractivity contribution is -0.133. The van der Waals surface area contributed by atoms with E-state index in [1.54, 1.807) is 18.2 Å². The number of carbonyl (C=O) groups excluding carboxylic acids is 3. The molecule has 2 aromatic carbocycles. The highest BCUT2D eigenvalue weighted by Gasteiger charge is 2.40. The van der Waals surface area contributed by atoms with Gasteiger partial charge in [-0.15, -0.1) is 0 Å². The number of Topliss-reactive ketones (excluding diaryl/α,β-unsaturated/α-hetero) is 3. The minimum atomic E-state index is -1.19. The topological polar surface area (TPSA) is 51.2 Å². The first-order chi connectivity index (χ1) is 11.1. The fourth-order valence-corrected chi connectivity index (χ4v) is 3.23. The van der Waals surface area contributed by atoms with E-state index in [2.05, 4.69) is 0 Å². The molecule has 0 amide bonds. The van der Waals surface area contributed by atoms with Gasteiger partial charge in [0.05, 0.1) is 0 Å². The predicted octanol–water partition coefficient (Wildman–Crippen LogP) is 3.85. The molecule has 23 heavy (non-hydrogen) atoms. The van der Waals surface area contributed by atoms with Crippen molar-refractivity contribution < 1.29 is 14.4 Å². The van der Waals surface area contributed by atoms with Crippen LogP contribution in [0.2, 0.25) is 5.02 Å². The highest BCUT2D eigenvalue weighted by atomic mass is 35.5. The largest absolute Gasteiger partial charge is 0.298 e. The summed E-state index contributed by atoms with van der Waals surface area (Å²) in [7, 11) is 0. The molecule has 1 aliphatic carbocycles. The number of hydrogen-bond donors (Lipinski definition) is 0. The third-order valence-electron chi connectivity index (χ3n) is 4.18. The summed E-state index contributed by atoms with van der Waals surface area (Å²) < 4.78 is 0. The fraction of sp³-hybridized carbons (Fsp3) is 0.211. The van der Waals surface area contributed by atoms with Crippen LogP contribution in [0.4, 0.5) is 0 Å². The van der Waals surface area contributed by atoms with E-state index in [1.807, 2.05) is 30.3 Å². The van der Waals surface area contributed by atoms with Gasteiger partial charge in [0.2, 0.25) is 0 Å². The number of hydrogen-bond acceptors (Lipinski definition) is 3. The van der Waals surface area contributed by atoms with Crippen molar-refractivity contribution in [3.05, 3.63) is 70.7 Å². The van der Waals surface area contributed by atoms with E-state index < -0.39 is 11.7 Å². The smallest absolute Gasteiger partial charge is 0.180 e. The zero-order chi connectivity index (χ0) is 16.4. The van der Waals surface area contributed by atoms with Crippen molar-refractivity contribution in [2.45, 2.75) is 18.8 Å². The molecule has 116 valence electrons. The van der Waals surface area contributed by atoms with E-state index in [9.17, 15) is 14.4 Å². The van der Waals surface area contributed by atoms with Crippen LogP contribution in [-0.4, -0.2) is 17.3 Å². The van der Waals surface area contributed by atoms with E-state index in [0.29, 0.717) is 10.6 Å². The molecule has 1 aliphatic rings. The quantitative estimate of drug-likeness (QED) is 0.636. The van der Waals surface area contributed by atoms with E-state index in [4.69, 9.17) is 11.6 Å². The molecule has 0 spiro atoms. The first-order valence-electron chi connectivity index (χ1n) is 7.46. The second-order valence-electron chi connectivity index (χ2n) is 5.76. The number of ketones is 3. The maximum Gasteiger partial charge on any atom is 0.180 e. The van der Waals surface area contributed by atoms with Crippen LogP contribution in [0.3, 0.4) is 0 Å². The second-order valence-corrected chi connectivity index (χ2v) is 6.19. The average molecular weight is 327 g/mol. The number of carbonyl (C=O) groups is 3. The highest BCUT2D eigenvalue weighted by molar-refractivity contribution is 6.31. The van der Waals surface area contributed by atoms with Gasteiger partial charge in [-0.2, -0.15) is 0 Å². The Balaban J connectivity index is 1.82. The summed E-state index contributed by atoms with van der Waals surface area (Å²) in [6.07, 6.45) is 0.430. The van der Waals surface area contributed by atoms with Gasteiger partial charge in [-0.1, -0.05) is 54.1 Å². The summed E-state index contributed by atoms with van der Waals surface area (Å²) in [5.74, 6) is -2.39. The molecule has 0 aromatic heterocycles. The summed E-state index contributed by atoms with van der Waals surface area (Å²) >= 11 is 5.88. The van der Waals surface area contributed by atoms with Gasteiger partial charge < -0.3 is 0 Å². The van der Waals surface area contributed by atoms with Crippen LogP contribution in [0.15, 0.2) is 54.6 Å². The molecule has 1 fully saturated rings. The Morgan fingerprint density at radius 3 is 2.17 bits per heavy atom. The SMILES string of the molecule is O=C1CC(c2ccccc2)CC(=O)C1C(=O)c1cccc(Cl)c1. The molecule has 3 rings (SSSR count). The van der Waals surface area contributed by atoms with Crippen molar-refractivity contribution >= 4 is 29.0 Å². The minimum Gasteiger partial charge on any atom is -0.298 e. The van der Waals surface area contributed by atoms with Crippen LogP contribution in [0.1, 0.15) is 34.7 Å². The Morgan fingerprint density at radius 2 is 1.57 bits per heavy atom. The highest BCUT2D eigenvalue weighted by Crippen LogP contribution is 2.33. The van der Waals surface area contributed by atoms with Crippen LogP contribution in [0.25, 0.3) is 0 Å². The second kappa shape index (κ2) is 6.47. The third-order valence-corrected chi connectivity index (χ3v) is 4.42. The maximum atomic E-state index is 12.5. The molecule has 0 N–H and O–H groups in total. The molecule has 0 unspecified atom stereocenters. The molecule has 0 radical (unpaired) electrons. The van der Waals surface area contributed by atoms with E-state index in [0.717, 1.165) is 5.56 Å². The lowest BCUT2D eigenvalue weighted by Crippen LogP contribution is -2.38.